The number of halogens is 3. The van der Waals surface area contributed by atoms with Gasteiger partial charge in [-0.15, -0.1) is 0 Å². The molecular weight excluding hydrogens is 254 g/mol. The van der Waals surface area contributed by atoms with E-state index in [4.69, 9.17) is 34.8 Å². The first-order valence-corrected chi connectivity index (χ1v) is 5.85. The summed E-state index contributed by atoms with van der Waals surface area (Å²) in [5, 5.41) is 3.87. The van der Waals surface area contributed by atoms with Crippen molar-refractivity contribution in [1.82, 2.24) is 5.32 Å². The number of nitrogens with zero attached hydrogens (tertiary/aromatic N) is 1. The summed E-state index contributed by atoms with van der Waals surface area (Å²) in [6.45, 7) is 2.22. The van der Waals surface area contributed by atoms with Gasteiger partial charge in [-0.3, -0.25) is 0 Å². The smallest absolute Gasteiger partial charge is 0.203 e. The van der Waals surface area contributed by atoms with Crippen molar-refractivity contribution in [2.24, 2.45) is 0 Å². The second kappa shape index (κ2) is 4.38. The largest absolute Gasteiger partial charge is 0.338 e. The number of rotatable bonds is 1. The molecule has 1 aliphatic heterocycles. The van der Waals surface area contributed by atoms with Crippen LogP contribution in [0.1, 0.15) is 0 Å². The lowest BCUT2D eigenvalue weighted by molar-refractivity contribution is 0.526. The van der Waals surface area contributed by atoms with Gasteiger partial charge in [-0.05, 0) is 24.3 Å². The molecule has 1 aromatic rings. The van der Waals surface area contributed by atoms with Crippen molar-refractivity contribution in [3.8, 4) is 0 Å². The molecule has 0 bridgehead atoms. The maximum atomic E-state index is 6.21. The molecule has 1 fully saturated rings. The number of hydrogen-bond donors (Lipinski definition) is 1. The Balaban J connectivity index is 2.25. The predicted molar refractivity (Wildman–Crippen MR) is 66.1 cm³/mol. The molecule has 1 saturated heterocycles. The second-order valence-electron chi connectivity index (χ2n) is 3.47. The fraction of sp³-hybridized carbons (Fsp3) is 0.400. The highest BCUT2D eigenvalue weighted by Gasteiger charge is 2.34. The maximum Gasteiger partial charge on any atom is 0.203 e. The van der Waals surface area contributed by atoms with Crippen molar-refractivity contribution in [2.75, 3.05) is 24.5 Å². The van der Waals surface area contributed by atoms with Gasteiger partial charge in [0.15, 0.2) is 0 Å². The third-order valence-electron chi connectivity index (χ3n) is 2.38. The van der Waals surface area contributed by atoms with E-state index in [1.807, 2.05) is 29.2 Å². The molecule has 1 N–H and O–H groups in total. The van der Waals surface area contributed by atoms with Gasteiger partial charge in [-0.25, -0.2) is 0 Å². The minimum atomic E-state index is -0.883. The van der Waals surface area contributed by atoms with Gasteiger partial charge in [0.25, 0.3) is 0 Å². The molecule has 5 heteroatoms. The molecule has 2 nitrogen and oxygen atoms in total. The van der Waals surface area contributed by atoms with E-state index >= 15 is 0 Å². The van der Waals surface area contributed by atoms with E-state index in [0.717, 1.165) is 18.8 Å². The standard InChI is InChI=1S/C10H11Cl3N2/c11-8-1-3-9(4-2-8)15-6-5-14-7-10(15,12)13/h1-4,14H,5-7H2. The van der Waals surface area contributed by atoms with Gasteiger partial charge in [0.2, 0.25) is 4.46 Å². The SMILES string of the molecule is Clc1ccc(N2CCNCC2(Cl)Cl)cc1. The molecule has 0 radical (unpaired) electrons. The van der Waals surface area contributed by atoms with Gasteiger partial charge in [0.1, 0.15) is 0 Å². The molecule has 0 amide bonds. The molecular formula is C10H11Cl3N2. The molecule has 1 aromatic carbocycles. The molecule has 2 rings (SSSR count). The Morgan fingerprint density at radius 1 is 1.20 bits per heavy atom. The van der Waals surface area contributed by atoms with E-state index in [9.17, 15) is 0 Å². The van der Waals surface area contributed by atoms with Crippen LogP contribution in [0.25, 0.3) is 0 Å². The van der Waals surface area contributed by atoms with Crippen LogP contribution in [0.5, 0.6) is 0 Å². The van der Waals surface area contributed by atoms with Crippen LogP contribution in [0.3, 0.4) is 0 Å². The molecule has 0 aromatic heterocycles. The van der Waals surface area contributed by atoms with Gasteiger partial charge in [-0.2, -0.15) is 0 Å². The zero-order chi connectivity index (χ0) is 10.9. The summed E-state index contributed by atoms with van der Waals surface area (Å²) in [6.07, 6.45) is 0. The number of nitrogens with one attached hydrogen (secondary N) is 1. The number of hydrogen-bond acceptors (Lipinski definition) is 2. The first-order valence-electron chi connectivity index (χ1n) is 4.71. The lowest BCUT2D eigenvalue weighted by Crippen LogP contribution is -2.55. The van der Waals surface area contributed by atoms with Crippen LogP contribution in [-0.2, 0) is 0 Å². The maximum absolute atomic E-state index is 6.21. The second-order valence-corrected chi connectivity index (χ2v) is 5.35. The van der Waals surface area contributed by atoms with Crippen molar-refractivity contribution in [3.05, 3.63) is 29.3 Å². The Hall–Kier alpha value is -0.150. The third-order valence-corrected chi connectivity index (χ3v) is 3.31. The fourth-order valence-corrected chi connectivity index (χ4v) is 2.31. The summed E-state index contributed by atoms with van der Waals surface area (Å²) in [6, 6.07) is 7.52. The van der Waals surface area contributed by atoms with E-state index in [1.54, 1.807) is 0 Å². The molecule has 1 heterocycles. The van der Waals surface area contributed by atoms with E-state index in [1.165, 1.54) is 0 Å². The number of alkyl halides is 2. The fourth-order valence-electron chi connectivity index (χ4n) is 1.63. The first kappa shape index (κ1) is 11.3. The monoisotopic (exact) mass is 264 g/mol. The minimum absolute atomic E-state index is 0.554. The highest BCUT2D eigenvalue weighted by atomic mass is 35.5. The lowest BCUT2D eigenvalue weighted by Gasteiger charge is -2.40. The molecule has 0 spiro atoms. The van der Waals surface area contributed by atoms with Crippen LogP contribution in [0.4, 0.5) is 5.69 Å². The number of piperazine rings is 1. The van der Waals surface area contributed by atoms with Crippen LogP contribution in [0.2, 0.25) is 5.02 Å². The Morgan fingerprint density at radius 2 is 1.87 bits per heavy atom. The average molecular weight is 266 g/mol. The summed E-state index contributed by atoms with van der Waals surface area (Å²) in [4.78, 5) is 1.96. The van der Waals surface area contributed by atoms with E-state index in [0.29, 0.717) is 11.6 Å². The van der Waals surface area contributed by atoms with Crippen molar-refractivity contribution >= 4 is 40.5 Å². The highest BCUT2D eigenvalue weighted by Crippen LogP contribution is 2.32. The van der Waals surface area contributed by atoms with Crippen LogP contribution in [0.15, 0.2) is 24.3 Å². The summed E-state index contributed by atoms with van der Waals surface area (Å²) in [7, 11) is 0. The highest BCUT2D eigenvalue weighted by molar-refractivity contribution is 6.50. The van der Waals surface area contributed by atoms with Crippen LogP contribution >= 0.6 is 34.8 Å². The zero-order valence-corrected chi connectivity index (χ0v) is 10.3. The van der Waals surface area contributed by atoms with E-state index < -0.39 is 4.46 Å². The molecule has 1 aliphatic rings. The number of anilines is 1. The summed E-state index contributed by atoms with van der Waals surface area (Å²) in [5.74, 6) is 0. The van der Waals surface area contributed by atoms with Crippen molar-refractivity contribution in [1.29, 1.82) is 0 Å². The van der Waals surface area contributed by atoms with Crippen LogP contribution in [0, 0.1) is 0 Å². The Kier molecular flexibility index (Phi) is 3.31. The van der Waals surface area contributed by atoms with Gasteiger partial charge < -0.3 is 10.2 Å². The van der Waals surface area contributed by atoms with E-state index in [2.05, 4.69) is 5.32 Å². The van der Waals surface area contributed by atoms with Crippen LogP contribution < -0.4 is 10.2 Å². The van der Waals surface area contributed by atoms with Gasteiger partial charge in [0, 0.05) is 30.3 Å². The molecule has 0 unspecified atom stereocenters. The van der Waals surface area contributed by atoms with Gasteiger partial charge in [-0.1, -0.05) is 34.8 Å². The molecule has 0 saturated carbocycles. The molecule has 0 aliphatic carbocycles. The normalized spacial score (nSPS) is 20.3. The number of benzene rings is 1. The predicted octanol–water partition coefficient (Wildman–Crippen LogP) is 2.88. The summed E-state index contributed by atoms with van der Waals surface area (Å²) < 4.78 is -0.883. The minimum Gasteiger partial charge on any atom is -0.338 e. The summed E-state index contributed by atoms with van der Waals surface area (Å²) in [5.41, 5.74) is 0.992. The molecule has 82 valence electrons. The quantitative estimate of drug-likeness (QED) is 0.620. The Bertz CT molecular complexity index is 337. The topological polar surface area (TPSA) is 15.3 Å². The van der Waals surface area contributed by atoms with Gasteiger partial charge in [0.05, 0.1) is 0 Å². The van der Waals surface area contributed by atoms with E-state index in [-0.39, 0.29) is 0 Å². The zero-order valence-electron chi connectivity index (χ0n) is 8.01. The molecule has 0 atom stereocenters. The average Bonchev–Trinajstić information content (AvgIpc) is 2.19. The van der Waals surface area contributed by atoms with Crippen molar-refractivity contribution in [2.45, 2.75) is 4.46 Å². The Morgan fingerprint density at radius 3 is 2.47 bits per heavy atom. The lowest BCUT2D eigenvalue weighted by atomic mass is 10.2. The first-order chi connectivity index (χ1) is 7.09. The van der Waals surface area contributed by atoms with Crippen molar-refractivity contribution in [3.63, 3.8) is 0 Å². The Labute approximate surface area is 104 Å². The van der Waals surface area contributed by atoms with Gasteiger partial charge >= 0.3 is 0 Å². The summed E-state index contributed by atoms with van der Waals surface area (Å²) >= 11 is 18.2. The van der Waals surface area contributed by atoms with Crippen LogP contribution in [-0.4, -0.2) is 24.1 Å². The van der Waals surface area contributed by atoms with Crippen molar-refractivity contribution < 1.29 is 0 Å². The third kappa shape index (κ3) is 2.51. The molecule has 15 heavy (non-hydrogen) atoms.